The van der Waals surface area contributed by atoms with Crippen LogP contribution in [0.25, 0.3) is 28.3 Å². The molecule has 9 nitrogen and oxygen atoms in total. The zero-order valence-electron chi connectivity index (χ0n) is 19.0. The van der Waals surface area contributed by atoms with E-state index >= 15 is 0 Å². The molecule has 0 saturated heterocycles. The first kappa shape index (κ1) is 20.3. The van der Waals surface area contributed by atoms with Crippen molar-refractivity contribution in [1.82, 2.24) is 39.2 Å². The van der Waals surface area contributed by atoms with Gasteiger partial charge in [0.25, 0.3) is 5.91 Å². The number of carbonyl (C=O) groups is 1. The highest BCUT2D eigenvalue weighted by atomic mass is 16.1. The summed E-state index contributed by atoms with van der Waals surface area (Å²) < 4.78 is 5.63. The van der Waals surface area contributed by atoms with E-state index in [1.807, 2.05) is 65.1 Å². The van der Waals surface area contributed by atoms with E-state index in [4.69, 9.17) is 4.98 Å². The summed E-state index contributed by atoms with van der Waals surface area (Å²) in [5, 5.41) is 11.6. The van der Waals surface area contributed by atoms with Crippen LogP contribution in [0, 0.1) is 0 Å². The summed E-state index contributed by atoms with van der Waals surface area (Å²) in [5.74, 6) is 0.677. The van der Waals surface area contributed by atoms with Gasteiger partial charge in [-0.3, -0.25) is 18.6 Å². The zero-order valence-corrected chi connectivity index (χ0v) is 19.0. The molecular weight excluding hydrogens is 428 g/mol. The summed E-state index contributed by atoms with van der Waals surface area (Å²) >= 11 is 0. The van der Waals surface area contributed by atoms with Gasteiger partial charge in [0.05, 0.1) is 29.2 Å². The van der Waals surface area contributed by atoms with E-state index in [1.54, 1.807) is 23.3 Å². The second kappa shape index (κ2) is 7.65. The predicted octanol–water partition coefficient (Wildman–Crippen LogP) is 3.43. The highest BCUT2D eigenvalue weighted by molar-refractivity contribution is 5.93. The van der Waals surface area contributed by atoms with Gasteiger partial charge < -0.3 is 5.32 Å². The number of hydrogen-bond donors (Lipinski definition) is 1. The zero-order chi connectivity index (χ0) is 23.3. The maximum absolute atomic E-state index is 12.6. The quantitative estimate of drug-likeness (QED) is 0.426. The summed E-state index contributed by atoms with van der Waals surface area (Å²) in [6, 6.07) is 10.00. The number of amides is 1. The van der Waals surface area contributed by atoms with Crippen molar-refractivity contribution in [3.8, 4) is 22.6 Å². The summed E-state index contributed by atoms with van der Waals surface area (Å²) in [6.45, 7) is 2.59. The number of carbonyl (C=O) groups excluding carboxylic acids is 1. The topological polar surface area (TPSA) is 94.9 Å². The average molecular weight is 453 g/mol. The number of rotatable bonds is 6. The molecule has 1 N–H and O–H groups in total. The Morgan fingerprint density at radius 1 is 1.09 bits per heavy atom. The van der Waals surface area contributed by atoms with Gasteiger partial charge in [0, 0.05) is 55.6 Å². The number of benzene rings is 1. The number of imidazole rings is 1. The lowest BCUT2D eigenvalue weighted by Crippen LogP contribution is -2.22. The lowest BCUT2D eigenvalue weighted by Gasteiger charge is -2.09. The average Bonchev–Trinajstić information content (AvgIpc) is 3.30. The molecule has 1 aliphatic rings. The van der Waals surface area contributed by atoms with Gasteiger partial charge in [-0.25, -0.2) is 9.97 Å². The second-order valence-corrected chi connectivity index (χ2v) is 9.07. The van der Waals surface area contributed by atoms with Crippen molar-refractivity contribution in [1.29, 1.82) is 0 Å². The molecule has 0 bridgehead atoms. The summed E-state index contributed by atoms with van der Waals surface area (Å²) in [5.41, 5.74) is 5.21. The van der Waals surface area contributed by atoms with Crippen molar-refractivity contribution in [2.75, 3.05) is 0 Å². The molecule has 4 aromatic heterocycles. The first-order chi connectivity index (χ1) is 16.5. The van der Waals surface area contributed by atoms with Gasteiger partial charge in [0.2, 0.25) is 0 Å². The fourth-order valence-corrected chi connectivity index (χ4v) is 4.03. The molecule has 4 heterocycles. The molecule has 34 heavy (non-hydrogen) atoms. The number of hydrogen-bond acceptors (Lipinski definition) is 5. The molecule has 1 saturated carbocycles. The summed E-state index contributed by atoms with van der Waals surface area (Å²) in [7, 11) is 1.88. The van der Waals surface area contributed by atoms with Crippen molar-refractivity contribution in [2.24, 2.45) is 7.05 Å². The predicted molar refractivity (Wildman–Crippen MR) is 127 cm³/mol. The fourth-order valence-electron chi connectivity index (χ4n) is 4.03. The number of nitrogens with one attached hydrogen (secondary N) is 1. The van der Waals surface area contributed by atoms with E-state index in [2.05, 4.69) is 27.4 Å². The molecule has 0 aliphatic heterocycles. The van der Waals surface area contributed by atoms with Crippen LogP contribution in [-0.2, 0) is 19.1 Å². The molecule has 1 aromatic carbocycles. The molecule has 5 aromatic rings. The molecule has 1 fully saturated rings. The molecule has 1 aliphatic carbocycles. The van der Waals surface area contributed by atoms with Crippen LogP contribution in [0.5, 0.6) is 0 Å². The molecule has 0 unspecified atom stereocenters. The first-order valence-corrected chi connectivity index (χ1v) is 11.2. The molecule has 6 rings (SSSR count). The van der Waals surface area contributed by atoms with Crippen LogP contribution < -0.4 is 5.32 Å². The van der Waals surface area contributed by atoms with Crippen LogP contribution in [-0.4, -0.2) is 39.8 Å². The minimum atomic E-state index is -0.120. The van der Waals surface area contributed by atoms with Gasteiger partial charge in [0.15, 0.2) is 0 Å². The van der Waals surface area contributed by atoms with Crippen LogP contribution >= 0.6 is 0 Å². The van der Waals surface area contributed by atoms with Crippen LogP contribution in [0.2, 0.25) is 0 Å². The smallest absolute Gasteiger partial charge is 0.254 e. The Hall–Kier alpha value is -4.27. The molecule has 0 spiro atoms. The minimum absolute atomic E-state index is 0.0807. The van der Waals surface area contributed by atoms with E-state index in [1.165, 1.54) is 0 Å². The monoisotopic (exact) mass is 452 g/mol. The van der Waals surface area contributed by atoms with Crippen molar-refractivity contribution >= 4 is 11.6 Å². The lowest BCUT2D eigenvalue weighted by molar-refractivity contribution is 0.0951. The Bertz CT molecular complexity index is 1500. The highest BCUT2D eigenvalue weighted by Gasteiger charge is 2.40. The summed E-state index contributed by atoms with van der Waals surface area (Å²) in [6.07, 6.45) is 13.1. The fraction of sp³-hybridized carbons (Fsp3) is 0.240. The van der Waals surface area contributed by atoms with Crippen LogP contribution in [0.1, 0.15) is 35.7 Å². The SMILES string of the molecule is Cn1cc(-c2cc3nccn3c(-c3ccc(CNC(=O)c4cnn(C5(C)CC5)c4)cc3)n2)cn1. The largest absolute Gasteiger partial charge is 0.348 e. The van der Waals surface area contributed by atoms with E-state index in [0.29, 0.717) is 12.1 Å². The van der Waals surface area contributed by atoms with E-state index in [0.717, 1.165) is 46.7 Å². The van der Waals surface area contributed by atoms with E-state index in [-0.39, 0.29) is 11.4 Å². The van der Waals surface area contributed by atoms with E-state index in [9.17, 15) is 4.79 Å². The van der Waals surface area contributed by atoms with Gasteiger partial charge in [-0.05, 0) is 25.3 Å². The van der Waals surface area contributed by atoms with Crippen LogP contribution in [0.4, 0.5) is 0 Å². The summed E-state index contributed by atoms with van der Waals surface area (Å²) in [4.78, 5) is 21.9. The number of nitrogens with zero attached hydrogens (tertiary/aromatic N) is 7. The maximum Gasteiger partial charge on any atom is 0.254 e. The van der Waals surface area contributed by atoms with E-state index < -0.39 is 0 Å². The van der Waals surface area contributed by atoms with Crippen molar-refractivity contribution in [2.45, 2.75) is 31.8 Å². The van der Waals surface area contributed by atoms with Crippen LogP contribution in [0.15, 0.2) is 67.5 Å². The highest BCUT2D eigenvalue weighted by Crippen LogP contribution is 2.42. The Labute approximate surface area is 196 Å². The molecule has 9 heteroatoms. The van der Waals surface area contributed by atoms with Gasteiger partial charge in [-0.15, -0.1) is 0 Å². The number of aromatic nitrogens is 7. The number of fused-ring (bicyclic) bond motifs is 1. The third kappa shape index (κ3) is 3.64. The molecule has 0 atom stereocenters. The third-order valence-electron chi connectivity index (χ3n) is 6.43. The Morgan fingerprint density at radius 2 is 1.91 bits per heavy atom. The van der Waals surface area contributed by atoms with Crippen molar-refractivity contribution < 1.29 is 4.79 Å². The van der Waals surface area contributed by atoms with Gasteiger partial charge in [-0.2, -0.15) is 10.2 Å². The lowest BCUT2D eigenvalue weighted by atomic mass is 10.1. The van der Waals surface area contributed by atoms with Gasteiger partial charge >= 0.3 is 0 Å². The Morgan fingerprint density at radius 3 is 2.65 bits per heavy atom. The molecular formula is C25H24N8O. The number of aryl methyl sites for hydroxylation is 1. The molecule has 0 radical (unpaired) electrons. The Balaban J connectivity index is 1.21. The first-order valence-electron chi connectivity index (χ1n) is 11.2. The third-order valence-corrected chi connectivity index (χ3v) is 6.43. The normalized spacial score (nSPS) is 14.4. The molecule has 170 valence electrons. The van der Waals surface area contributed by atoms with Crippen LogP contribution in [0.3, 0.4) is 0 Å². The van der Waals surface area contributed by atoms with Crippen molar-refractivity contribution in [3.05, 3.63) is 78.6 Å². The minimum Gasteiger partial charge on any atom is -0.348 e. The van der Waals surface area contributed by atoms with Crippen molar-refractivity contribution in [3.63, 3.8) is 0 Å². The van der Waals surface area contributed by atoms with Gasteiger partial charge in [-0.1, -0.05) is 24.3 Å². The molecule has 1 amide bonds. The second-order valence-electron chi connectivity index (χ2n) is 9.07. The Kier molecular flexibility index (Phi) is 4.58. The van der Waals surface area contributed by atoms with Gasteiger partial charge in [0.1, 0.15) is 11.5 Å². The maximum atomic E-state index is 12.6. The standard InChI is InChI=1S/C25H24N8O/c1-25(7-8-25)33-16-20(14-29-33)24(34)27-12-17-3-5-18(6-4-17)23-30-21(19-13-28-31(2)15-19)11-22-26-9-10-32(22)23/h3-6,9-11,13-16H,7-8,12H2,1-2H3,(H,27,34).